The first-order valence-corrected chi connectivity index (χ1v) is 7.15. The Balaban J connectivity index is 3.25. The summed E-state index contributed by atoms with van der Waals surface area (Å²) in [5.74, 6) is 0. The molecule has 0 atom stereocenters. The molecular formula is C13H19BrN2O3. The Morgan fingerprint density at radius 3 is 2.53 bits per heavy atom. The van der Waals surface area contributed by atoms with Crippen LogP contribution in [-0.2, 0) is 0 Å². The number of anilines is 1. The van der Waals surface area contributed by atoms with Gasteiger partial charge in [0.1, 0.15) is 5.69 Å². The first-order chi connectivity index (χ1) is 9.04. The highest BCUT2D eigenvalue weighted by atomic mass is 79.9. The molecule has 0 saturated heterocycles. The molecule has 0 saturated carbocycles. The number of nitro benzene ring substituents is 1. The number of benzene rings is 1. The van der Waals surface area contributed by atoms with Crippen molar-refractivity contribution in [2.45, 2.75) is 32.7 Å². The van der Waals surface area contributed by atoms with Gasteiger partial charge in [0.05, 0.1) is 11.5 Å². The van der Waals surface area contributed by atoms with E-state index in [1.54, 1.807) is 12.1 Å². The highest BCUT2D eigenvalue weighted by Crippen LogP contribution is 2.33. The van der Waals surface area contributed by atoms with E-state index in [2.05, 4.69) is 15.9 Å². The van der Waals surface area contributed by atoms with Gasteiger partial charge in [-0.15, -0.1) is 0 Å². The van der Waals surface area contributed by atoms with Crippen molar-refractivity contribution in [2.24, 2.45) is 0 Å². The maximum Gasteiger partial charge on any atom is 0.293 e. The van der Waals surface area contributed by atoms with Gasteiger partial charge in [-0.2, -0.15) is 0 Å². The molecule has 0 radical (unpaired) electrons. The number of aliphatic hydroxyl groups excluding tert-OH is 1. The molecule has 0 aliphatic carbocycles. The van der Waals surface area contributed by atoms with Crippen LogP contribution in [0.15, 0.2) is 22.7 Å². The normalized spacial score (nSPS) is 10.8. The first-order valence-electron chi connectivity index (χ1n) is 6.36. The van der Waals surface area contributed by atoms with Crippen LogP contribution in [0.4, 0.5) is 11.4 Å². The Hall–Kier alpha value is -1.14. The molecule has 106 valence electrons. The third kappa shape index (κ3) is 3.91. The topological polar surface area (TPSA) is 66.6 Å². The molecule has 0 aromatic heterocycles. The van der Waals surface area contributed by atoms with E-state index in [0.717, 1.165) is 12.8 Å². The van der Waals surface area contributed by atoms with E-state index < -0.39 is 0 Å². The first kappa shape index (κ1) is 15.9. The lowest BCUT2D eigenvalue weighted by Gasteiger charge is -2.31. The molecule has 0 bridgehead atoms. The fourth-order valence-electron chi connectivity index (χ4n) is 2.22. The predicted octanol–water partition coefficient (Wildman–Crippen LogP) is 3.34. The summed E-state index contributed by atoms with van der Waals surface area (Å²) >= 11 is 3.25. The van der Waals surface area contributed by atoms with Crippen LogP contribution in [0, 0.1) is 10.1 Å². The van der Waals surface area contributed by atoms with Crippen molar-refractivity contribution in [1.82, 2.24) is 0 Å². The van der Waals surface area contributed by atoms with Crippen molar-refractivity contribution in [3.05, 3.63) is 32.8 Å². The second-order valence-electron chi connectivity index (χ2n) is 4.28. The van der Waals surface area contributed by atoms with Gasteiger partial charge in [0.15, 0.2) is 0 Å². The fourth-order valence-corrected chi connectivity index (χ4v) is 2.57. The quantitative estimate of drug-likeness (QED) is 0.615. The highest BCUT2D eigenvalue weighted by Gasteiger charge is 2.23. The molecule has 0 spiro atoms. The Labute approximate surface area is 121 Å². The third-order valence-corrected chi connectivity index (χ3v) is 3.66. The molecule has 1 N–H and O–H groups in total. The lowest BCUT2D eigenvalue weighted by Crippen LogP contribution is -2.37. The van der Waals surface area contributed by atoms with Crippen LogP contribution in [0.5, 0.6) is 0 Å². The monoisotopic (exact) mass is 330 g/mol. The molecule has 6 heteroatoms. The number of halogens is 1. The van der Waals surface area contributed by atoms with Gasteiger partial charge in [-0.1, -0.05) is 29.8 Å². The molecular weight excluding hydrogens is 312 g/mol. The van der Waals surface area contributed by atoms with Crippen molar-refractivity contribution < 1.29 is 10.0 Å². The summed E-state index contributed by atoms with van der Waals surface area (Å²) in [5.41, 5.74) is 0.630. The molecule has 1 aromatic carbocycles. The number of rotatable bonds is 7. The molecule has 5 nitrogen and oxygen atoms in total. The lowest BCUT2D eigenvalue weighted by molar-refractivity contribution is -0.384. The lowest BCUT2D eigenvalue weighted by atomic mass is 10.1. The van der Waals surface area contributed by atoms with Crippen LogP contribution in [0.25, 0.3) is 0 Å². The van der Waals surface area contributed by atoms with Crippen molar-refractivity contribution >= 4 is 27.3 Å². The van der Waals surface area contributed by atoms with Gasteiger partial charge in [0.2, 0.25) is 0 Å². The Morgan fingerprint density at radius 2 is 2.05 bits per heavy atom. The van der Waals surface area contributed by atoms with Gasteiger partial charge in [-0.3, -0.25) is 10.1 Å². The van der Waals surface area contributed by atoms with Gasteiger partial charge in [0.25, 0.3) is 5.69 Å². The van der Waals surface area contributed by atoms with E-state index in [9.17, 15) is 15.2 Å². The molecule has 0 aliphatic heterocycles. The van der Waals surface area contributed by atoms with Gasteiger partial charge >= 0.3 is 0 Å². The Morgan fingerprint density at radius 1 is 1.42 bits per heavy atom. The summed E-state index contributed by atoms with van der Waals surface area (Å²) in [5, 5.41) is 20.4. The van der Waals surface area contributed by atoms with Crippen molar-refractivity contribution in [2.75, 3.05) is 18.1 Å². The van der Waals surface area contributed by atoms with E-state index in [0.29, 0.717) is 16.7 Å². The fraction of sp³-hybridized carbons (Fsp3) is 0.538. The van der Waals surface area contributed by atoms with E-state index in [4.69, 9.17) is 0 Å². The predicted molar refractivity (Wildman–Crippen MR) is 79.6 cm³/mol. The van der Waals surface area contributed by atoms with Crippen LogP contribution in [0.3, 0.4) is 0 Å². The third-order valence-electron chi connectivity index (χ3n) is 3.17. The minimum atomic E-state index is -0.382. The largest absolute Gasteiger partial charge is 0.395 e. The van der Waals surface area contributed by atoms with Crippen molar-refractivity contribution in [1.29, 1.82) is 0 Å². The number of aliphatic hydroxyl groups is 1. The maximum absolute atomic E-state index is 11.2. The van der Waals surface area contributed by atoms with Gasteiger partial charge in [0, 0.05) is 23.1 Å². The SMILES string of the molecule is CCC(CC)N(CCO)c1ccc(Br)cc1[N+](=O)[O-]. The minimum absolute atomic E-state index is 0.0241. The average molecular weight is 331 g/mol. The van der Waals surface area contributed by atoms with Crippen LogP contribution in [-0.4, -0.2) is 29.2 Å². The zero-order chi connectivity index (χ0) is 14.4. The van der Waals surface area contributed by atoms with Crippen LogP contribution in [0.2, 0.25) is 0 Å². The van der Waals surface area contributed by atoms with E-state index >= 15 is 0 Å². The molecule has 1 aromatic rings. The van der Waals surface area contributed by atoms with Gasteiger partial charge in [-0.25, -0.2) is 0 Å². The second kappa shape index (κ2) is 7.45. The van der Waals surface area contributed by atoms with E-state index in [-0.39, 0.29) is 23.3 Å². The zero-order valence-corrected chi connectivity index (χ0v) is 12.8. The van der Waals surface area contributed by atoms with Crippen molar-refractivity contribution in [3.8, 4) is 0 Å². The van der Waals surface area contributed by atoms with E-state index in [1.807, 2.05) is 18.7 Å². The number of nitro groups is 1. The van der Waals surface area contributed by atoms with Crippen LogP contribution in [0.1, 0.15) is 26.7 Å². The Bertz CT molecular complexity index is 436. The average Bonchev–Trinajstić information content (AvgIpc) is 2.39. The Kier molecular flexibility index (Phi) is 6.24. The number of nitrogens with zero attached hydrogens (tertiary/aromatic N) is 2. The summed E-state index contributed by atoms with van der Waals surface area (Å²) in [6, 6.07) is 5.21. The summed E-state index contributed by atoms with van der Waals surface area (Å²) in [6.07, 6.45) is 1.76. The van der Waals surface area contributed by atoms with Crippen LogP contribution < -0.4 is 4.90 Å². The second-order valence-corrected chi connectivity index (χ2v) is 5.19. The molecule has 0 unspecified atom stereocenters. The van der Waals surface area contributed by atoms with Crippen molar-refractivity contribution in [3.63, 3.8) is 0 Å². The smallest absolute Gasteiger partial charge is 0.293 e. The number of hydrogen-bond donors (Lipinski definition) is 1. The molecule has 0 amide bonds. The van der Waals surface area contributed by atoms with E-state index in [1.165, 1.54) is 6.07 Å². The minimum Gasteiger partial charge on any atom is -0.395 e. The number of hydrogen-bond acceptors (Lipinski definition) is 4. The molecule has 0 heterocycles. The summed E-state index contributed by atoms with van der Waals surface area (Å²) in [4.78, 5) is 12.7. The summed E-state index contributed by atoms with van der Waals surface area (Å²) in [6.45, 7) is 4.46. The zero-order valence-electron chi connectivity index (χ0n) is 11.2. The van der Waals surface area contributed by atoms with Gasteiger partial charge < -0.3 is 10.0 Å². The summed E-state index contributed by atoms with van der Waals surface area (Å²) < 4.78 is 0.677. The summed E-state index contributed by atoms with van der Waals surface area (Å²) in [7, 11) is 0. The highest BCUT2D eigenvalue weighted by molar-refractivity contribution is 9.10. The maximum atomic E-state index is 11.2. The van der Waals surface area contributed by atoms with Gasteiger partial charge in [-0.05, 0) is 25.0 Å². The van der Waals surface area contributed by atoms with Crippen LogP contribution >= 0.6 is 15.9 Å². The molecule has 1 rings (SSSR count). The molecule has 0 fully saturated rings. The standard InChI is InChI=1S/C13H19BrN2O3/c1-3-11(4-2)15(7-8-17)12-6-5-10(14)9-13(12)16(18)19/h5-6,9,11,17H,3-4,7-8H2,1-2H3. The molecule has 0 aliphatic rings. The molecule has 19 heavy (non-hydrogen) atoms.